The summed E-state index contributed by atoms with van der Waals surface area (Å²) < 4.78 is 0. The molecule has 7 heteroatoms. The molecule has 0 aliphatic carbocycles. The fourth-order valence-corrected chi connectivity index (χ4v) is 3.61. The Morgan fingerprint density at radius 2 is 1.77 bits per heavy atom. The number of rotatable bonds is 6. The normalized spacial score (nSPS) is 14.7. The molecule has 1 amide bonds. The number of guanidine groups is 1. The van der Waals surface area contributed by atoms with E-state index in [9.17, 15) is 9.90 Å². The van der Waals surface area contributed by atoms with Crippen LogP contribution in [0.1, 0.15) is 25.3 Å². The molecular formula is C23H31IN4O2. The molecule has 0 atom stereocenters. The lowest BCUT2D eigenvalue weighted by molar-refractivity contribution is -0.114. The summed E-state index contributed by atoms with van der Waals surface area (Å²) in [6, 6.07) is 17.1. The highest BCUT2D eigenvalue weighted by atomic mass is 127. The zero-order valence-corrected chi connectivity index (χ0v) is 19.7. The van der Waals surface area contributed by atoms with Gasteiger partial charge in [0.05, 0.1) is 0 Å². The van der Waals surface area contributed by atoms with Crippen molar-refractivity contribution in [3.05, 3.63) is 60.2 Å². The summed E-state index contributed by atoms with van der Waals surface area (Å²) in [4.78, 5) is 19.0. The van der Waals surface area contributed by atoms with Gasteiger partial charge in [0, 0.05) is 25.3 Å². The number of halogens is 1. The molecule has 2 aromatic carbocycles. The number of nitrogens with zero attached hydrogens (tertiary/aromatic N) is 2. The van der Waals surface area contributed by atoms with E-state index >= 15 is 0 Å². The van der Waals surface area contributed by atoms with Crippen molar-refractivity contribution < 1.29 is 9.90 Å². The summed E-state index contributed by atoms with van der Waals surface area (Å²) in [6.45, 7) is 4.76. The van der Waals surface area contributed by atoms with Crippen molar-refractivity contribution in [2.75, 3.05) is 31.5 Å². The molecule has 2 aromatic rings. The molecule has 0 bridgehead atoms. The molecule has 0 unspecified atom stereocenters. The van der Waals surface area contributed by atoms with Gasteiger partial charge in [-0.25, -0.2) is 4.99 Å². The standard InChI is InChI=1S/C23H30N4O2.HI/c1-2-24-23(25-17-22(29)26-20-8-10-21(28)11-9-20)27-14-12-19(13-15-27)16-18-6-4-3-5-7-18;/h3-11,19,28H,2,12-17H2,1H3,(H,24,25)(H,26,29);1H. The van der Waals surface area contributed by atoms with Crippen LogP contribution in [-0.4, -0.2) is 48.1 Å². The molecular weight excluding hydrogens is 491 g/mol. The minimum Gasteiger partial charge on any atom is -0.508 e. The number of likely N-dealkylation sites (tertiary alicyclic amines) is 1. The lowest BCUT2D eigenvalue weighted by atomic mass is 9.90. The number of aromatic hydroxyl groups is 1. The number of phenols is 1. The molecule has 6 nitrogen and oxygen atoms in total. The highest BCUT2D eigenvalue weighted by molar-refractivity contribution is 14.0. The molecule has 0 saturated carbocycles. The average molecular weight is 522 g/mol. The Bertz CT molecular complexity index is 804. The van der Waals surface area contributed by atoms with Crippen molar-refractivity contribution in [1.29, 1.82) is 0 Å². The largest absolute Gasteiger partial charge is 0.508 e. The second kappa shape index (κ2) is 12.4. The average Bonchev–Trinajstić information content (AvgIpc) is 2.74. The maximum atomic E-state index is 12.2. The van der Waals surface area contributed by atoms with Crippen LogP contribution in [0.4, 0.5) is 5.69 Å². The van der Waals surface area contributed by atoms with Crippen LogP contribution in [0.2, 0.25) is 0 Å². The van der Waals surface area contributed by atoms with Crippen molar-refractivity contribution in [3.8, 4) is 5.75 Å². The summed E-state index contributed by atoms with van der Waals surface area (Å²) >= 11 is 0. The van der Waals surface area contributed by atoms with Gasteiger partial charge in [-0.15, -0.1) is 24.0 Å². The molecule has 3 rings (SSSR count). The third-order valence-electron chi connectivity index (χ3n) is 5.14. The molecule has 0 radical (unpaired) electrons. The van der Waals surface area contributed by atoms with Crippen molar-refractivity contribution >= 4 is 41.5 Å². The highest BCUT2D eigenvalue weighted by Crippen LogP contribution is 2.21. The third kappa shape index (κ3) is 7.51. The maximum absolute atomic E-state index is 12.2. The Morgan fingerprint density at radius 3 is 2.40 bits per heavy atom. The van der Waals surface area contributed by atoms with Crippen LogP contribution in [0.25, 0.3) is 0 Å². The van der Waals surface area contributed by atoms with E-state index in [1.165, 1.54) is 5.56 Å². The van der Waals surface area contributed by atoms with Gasteiger partial charge in [-0.3, -0.25) is 4.79 Å². The van der Waals surface area contributed by atoms with Gasteiger partial charge in [-0.05, 0) is 61.9 Å². The second-order valence-corrected chi connectivity index (χ2v) is 7.39. The number of hydrogen-bond acceptors (Lipinski definition) is 3. The SMILES string of the molecule is CCNC(=NCC(=O)Nc1ccc(O)cc1)N1CCC(Cc2ccccc2)CC1.I. The van der Waals surface area contributed by atoms with E-state index in [4.69, 9.17) is 0 Å². The van der Waals surface area contributed by atoms with E-state index < -0.39 is 0 Å². The minimum atomic E-state index is -0.176. The van der Waals surface area contributed by atoms with Crippen molar-refractivity contribution in [1.82, 2.24) is 10.2 Å². The first-order chi connectivity index (χ1) is 14.1. The lowest BCUT2D eigenvalue weighted by Crippen LogP contribution is -2.46. The van der Waals surface area contributed by atoms with Gasteiger partial charge < -0.3 is 20.6 Å². The summed E-state index contributed by atoms with van der Waals surface area (Å²) in [7, 11) is 0. The number of anilines is 1. The van der Waals surface area contributed by atoms with Crippen LogP contribution in [0.15, 0.2) is 59.6 Å². The van der Waals surface area contributed by atoms with Gasteiger partial charge in [0.25, 0.3) is 0 Å². The molecule has 1 aliphatic heterocycles. The Balaban J connectivity index is 0.00000320. The number of aliphatic imine (C=N–C) groups is 1. The molecule has 1 heterocycles. The van der Waals surface area contributed by atoms with Crippen molar-refractivity contribution in [2.24, 2.45) is 10.9 Å². The summed E-state index contributed by atoms with van der Waals surface area (Å²) in [6.07, 6.45) is 3.37. The number of hydrogen-bond donors (Lipinski definition) is 3. The van der Waals surface area contributed by atoms with Gasteiger partial charge in [0.2, 0.25) is 5.91 Å². The smallest absolute Gasteiger partial charge is 0.246 e. The Kier molecular flexibility index (Phi) is 9.93. The number of phenolic OH excluding ortho intramolecular Hbond substituents is 1. The van der Waals surface area contributed by atoms with Gasteiger partial charge in [0.15, 0.2) is 5.96 Å². The molecule has 1 saturated heterocycles. The van der Waals surface area contributed by atoms with Crippen LogP contribution in [0.3, 0.4) is 0 Å². The number of amides is 1. The van der Waals surface area contributed by atoms with E-state index in [-0.39, 0.29) is 42.2 Å². The second-order valence-electron chi connectivity index (χ2n) is 7.39. The van der Waals surface area contributed by atoms with Crippen molar-refractivity contribution in [3.63, 3.8) is 0 Å². The molecule has 1 fully saturated rings. The van der Waals surface area contributed by atoms with E-state index in [0.717, 1.165) is 44.9 Å². The fraction of sp³-hybridized carbons (Fsp3) is 0.391. The number of nitrogens with one attached hydrogen (secondary N) is 2. The molecule has 0 aromatic heterocycles. The van der Waals surface area contributed by atoms with Gasteiger partial charge in [-0.2, -0.15) is 0 Å². The summed E-state index contributed by atoms with van der Waals surface area (Å²) in [5.41, 5.74) is 2.05. The van der Waals surface area contributed by atoms with Gasteiger partial charge >= 0.3 is 0 Å². The third-order valence-corrected chi connectivity index (χ3v) is 5.14. The number of carbonyl (C=O) groups is 1. The summed E-state index contributed by atoms with van der Waals surface area (Å²) in [5, 5.41) is 15.4. The number of carbonyl (C=O) groups excluding carboxylic acids is 1. The minimum absolute atomic E-state index is 0. The van der Waals surface area contributed by atoms with E-state index in [2.05, 4.69) is 50.9 Å². The zero-order valence-electron chi connectivity index (χ0n) is 17.4. The number of benzene rings is 2. The Hall–Kier alpha value is -2.29. The topological polar surface area (TPSA) is 77.0 Å². The van der Waals surface area contributed by atoms with Crippen LogP contribution in [0, 0.1) is 5.92 Å². The summed E-state index contributed by atoms with van der Waals surface area (Å²) in [5.74, 6) is 1.48. The predicted molar refractivity (Wildman–Crippen MR) is 133 cm³/mol. The number of piperidine rings is 1. The van der Waals surface area contributed by atoms with Crippen molar-refractivity contribution in [2.45, 2.75) is 26.2 Å². The molecule has 1 aliphatic rings. The quantitative estimate of drug-likeness (QED) is 0.233. The first-order valence-corrected chi connectivity index (χ1v) is 10.3. The van der Waals surface area contributed by atoms with E-state index in [1.807, 2.05) is 6.92 Å². The maximum Gasteiger partial charge on any atom is 0.246 e. The molecule has 162 valence electrons. The highest BCUT2D eigenvalue weighted by Gasteiger charge is 2.21. The van der Waals surface area contributed by atoms with Gasteiger partial charge in [-0.1, -0.05) is 30.3 Å². The van der Waals surface area contributed by atoms with Crippen LogP contribution >= 0.6 is 24.0 Å². The van der Waals surface area contributed by atoms with E-state index in [0.29, 0.717) is 11.6 Å². The zero-order chi connectivity index (χ0) is 20.5. The Labute approximate surface area is 195 Å². The van der Waals surface area contributed by atoms with Gasteiger partial charge in [0.1, 0.15) is 12.3 Å². The Morgan fingerprint density at radius 1 is 1.10 bits per heavy atom. The first kappa shape index (κ1) is 24.0. The van der Waals surface area contributed by atoms with Crippen LogP contribution < -0.4 is 10.6 Å². The fourth-order valence-electron chi connectivity index (χ4n) is 3.61. The molecule has 3 N–H and O–H groups in total. The van der Waals surface area contributed by atoms with Crippen LogP contribution in [-0.2, 0) is 11.2 Å². The first-order valence-electron chi connectivity index (χ1n) is 10.3. The van der Waals surface area contributed by atoms with E-state index in [1.54, 1.807) is 24.3 Å². The molecule has 0 spiro atoms. The molecule has 30 heavy (non-hydrogen) atoms. The predicted octanol–water partition coefficient (Wildman–Crippen LogP) is 3.87. The lowest BCUT2D eigenvalue weighted by Gasteiger charge is -2.34. The van der Waals surface area contributed by atoms with Crippen LogP contribution in [0.5, 0.6) is 5.75 Å². The monoisotopic (exact) mass is 522 g/mol.